The first-order valence-electron chi connectivity index (χ1n) is 6.26. The number of benzene rings is 2. The number of nitrogens with zero attached hydrogens (tertiary/aromatic N) is 1. The maximum atomic E-state index is 13.8. The Morgan fingerprint density at radius 1 is 1.29 bits per heavy atom. The Hall–Kier alpha value is -2.47. The van der Waals surface area contributed by atoms with Crippen molar-refractivity contribution in [1.82, 2.24) is 4.98 Å². The van der Waals surface area contributed by atoms with Gasteiger partial charge in [-0.05, 0) is 42.8 Å². The smallest absolute Gasteiger partial charge is 0.260 e. The summed E-state index contributed by atoms with van der Waals surface area (Å²) in [6.45, 7) is 1.77. The third kappa shape index (κ3) is 2.71. The van der Waals surface area contributed by atoms with E-state index in [2.05, 4.69) is 10.3 Å². The summed E-state index contributed by atoms with van der Waals surface area (Å²) in [5.41, 5.74) is 7.84. The van der Waals surface area contributed by atoms with Gasteiger partial charge in [0.2, 0.25) is 0 Å². The van der Waals surface area contributed by atoms with Crippen LogP contribution < -0.4 is 11.1 Å². The normalized spacial score (nSPS) is 10.8. The summed E-state index contributed by atoms with van der Waals surface area (Å²) >= 11 is 1.30. The molecule has 0 fully saturated rings. The third-order valence-corrected chi connectivity index (χ3v) is 3.94. The average Bonchev–Trinajstić information content (AvgIpc) is 2.79. The van der Waals surface area contributed by atoms with Crippen molar-refractivity contribution >= 4 is 38.3 Å². The summed E-state index contributed by atoms with van der Waals surface area (Å²) in [4.78, 5) is 16.4. The minimum atomic E-state index is -0.544. The van der Waals surface area contributed by atoms with E-state index < -0.39 is 11.7 Å². The van der Waals surface area contributed by atoms with Crippen LogP contribution in [-0.2, 0) is 0 Å². The molecule has 6 heteroatoms. The molecular weight excluding hydrogens is 289 g/mol. The Morgan fingerprint density at radius 3 is 2.86 bits per heavy atom. The van der Waals surface area contributed by atoms with E-state index in [1.807, 2.05) is 0 Å². The number of nitrogens with two attached hydrogens (primary N) is 1. The molecule has 0 saturated heterocycles. The maximum Gasteiger partial charge on any atom is 0.260 e. The summed E-state index contributed by atoms with van der Waals surface area (Å²) in [6.07, 6.45) is 0. The lowest BCUT2D eigenvalue weighted by Crippen LogP contribution is -2.13. The third-order valence-electron chi connectivity index (χ3n) is 3.00. The maximum absolute atomic E-state index is 13.8. The van der Waals surface area contributed by atoms with Crippen molar-refractivity contribution < 1.29 is 9.18 Å². The van der Waals surface area contributed by atoms with E-state index in [1.165, 1.54) is 23.5 Å². The number of carbonyl (C=O) groups excluding carboxylic acids is 1. The molecule has 3 aromatic rings. The molecule has 0 saturated carbocycles. The number of amides is 1. The number of anilines is 2. The van der Waals surface area contributed by atoms with E-state index in [0.717, 1.165) is 15.8 Å². The Morgan fingerprint density at radius 2 is 2.10 bits per heavy atom. The Balaban J connectivity index is 1.89. The summed E-state index contributed by atoms with van der Waals surface area (Å²) in [5.74, 6) is -1.06. The molecule has 0 aliphatic carbocycles. The summed E-state index contributed by atoms with van der Waals surface area (Å²) in [7, 11) is 0. The fraction of sp³-hybridized carbons (Fsp3) is 0.0667. The number of rotatable bonds is 2. The molecule has 0 atom stereocenters. The highest BCUT2D eigenvalue weighted by molar-refractivity contribution is 7.22. The van der Waals surface area contributed by atoms with Crippen LogP contribution in [0.1, 0.15) is 15.9 Å². The lowest BCUT2D eigenvalue weighted by Gasteiger charge is -2.03. The van der Waals surface area contributed by atoms with Gasteiger partial charge in [0.05, 0.1) is 15.8 Å². The minimum absolute atomic E-state index is 0.000583. The average molecular weight is 301 g/mol. The zero-order valence-corrected chi connectivity index (χ0v) is 12.0. The molecule has 1 aromatic heterocycles. The lowest BCUT2D eigenvalue weighted by molar-refractivity contribution is 0.102. The molecule has 0 radical (unpaired) electrons. The molecular formula is C15H12FN3OS. The van der Waals surface area contributed by atoms with Gasteiger partial charge in [-0.1, -0.05) is 17.4 Å². The number of carbonyl (C=O) groups is 1. The van der Waals surface area contributed by atoms with Gasteiger partial charge < -0.3 is 5.73 Å². The van der Waals surface area contributed by atoms with Gasteiger partial charge in [0, 0.05) is 5.69 Å². The van der Waals surface area contributed by atoms with E-state index in [-0.39, 0.29) is 5.56 Å². The molecule has 0 bridgehead atoms. The molecule has 21 heavy (non-hydrogen) atoms. The van der Waals surface area contributed by atoms with Crippen LogP contribution >= 0.6 is 11.3 Å². The van der Waals surface area contributed by atoms with E-state index >= 15 is 0 Å². The summed E-state index contributed by atoms with van der Waals surface area (Å²) in [5, 5.41) is 3.03. The topological polar surface area (TPSA) is 68.0 Å². The Kier molecular flexibility index (Phi) is 3.31. The molecule has 3 N–H and O–H groups in total. The molecule has 1 amide bonds. The highest BCUT2D eigenvalue weighted by atomic mass is 32.1. The zero-order chi connectivity index (χ0) is 15.0. The quantitative estimate of drug-likeness (QED) is 0.711. The first-order valence-corrected chi connectivity index (χ1v) is 7.08. The largest absolute Gasteiger partial charge is 0.399 e. The van der Waals surface area contributed by atoms with Gasteiger partial charge in [-0.15, -0.1) is 0 Å². The van der Waals surface area contributed by atoms with Gasteiger partial charge in [-0.2, -0.15) is 0 Å². The number of aryl methyl sites for hydroxylation is 1. The predicted molar refractivity (Wildman–Crippen MR) is 83.1 cm³/mol. The van der Waals surface area contributed by atoms with E-state index in [1.54, 1.807) is 31.2 Å². The number of hydrogen-bond donors (Lipinski definition) is 2. The van der Waals surface area contributed by atoms with Gasteiger partial charge in [-0.3, -0.25) is 10.1 Å². The van der Waals surface area contributed by atoms with Crippen molar-refractivity contribution in [2.75, 3.05) is 11.1 Å². The van der Waals surface area contributed by atoms with Gasteiger partial charge in [0.1, 0.15) is 5.82 Å². The summed E-state index contributed by atoms with van der Waals surface area (Å²) in [6, 6.07) is 9.79. The number of hydrogen-bond acceptors (Lipinski definition) is 4. The van der Waals surface area contributed by atoms with Gasteiger partial charge >= 0.3 is 0 Å². The van der Waals surface area contributed by atoms with Crippen LogP contribution in [0.2, 0.25) is 0 Å². The molecule has 0 unspecified atom stereocenters. The number of halogens is 1. The number of fused-ring (bicyclic) bond motifs is 1. The molecule has 0 spiro atoms. The number of aromatic nitrogens is 1. The summed E-state index contributed by atoms with van der Waals surface area (Å²) < 4.78 is 14.6. The van der Waals surface area contributed by atoms with Crippen molar-refractivity contribution in [3.05, 3.63) is 53.3 Å². The van der Waals surface area contributed by atoms with Gasteiger partial charge in [0.25, 0.3) is 5.91 Å². The second-order valence-corrected chi connectivity index (χ2v) is 5.71. The molecule has 4 nitrogen and oxygen atoms in total. The van der Waals surface area contributed by atoms with Crippen LogP contribution in [0.4, 0.5) is 15.2 Å². The molecule has 106 valence electrons. The SMILES string of the molecule is Cc1ccc(C(=O)Nc2nc3ccc(N)cc3s2)c(F)c1. The number of nitrogen functional groups attached to an aromatic ring is 1. The molecule has 2 aromatic carbocycles. The molecule has 0 aliphatic heterocycles. The van der Waals surface area contributed by atoms with Crippen molar-refractivity contribution in [2.45, 2.75) is 6.92 Å². The fourth-order valence-corrected chi connectivity index (χ4v) is 2.87. The Labute approximate surface area is 124 Å². The molecule has 3 rings (SSSR count). The van der Waals surface area contributed by atoms with E-state index in [4.69, 9.17) is 5.73 Å². The van der Waals surface area contributed by atoms with Crippen LogP contribution in [0.15, 0.2) is 36.4 Å². The van der Waals surface area contributed by atoms with Crippen molar-refractivity contribution in [1.29, 1.82) is 0 Å². The second kappa shape index (κ2) is 5.14. The second-order valence-electron chi connectivity index (χ2n) is 4.68. The number of thiazole rings is 1. The first-order chi connectivity index (χ1) is 10.0. The van der Waals surface area contributed by atoms with Crippen LogP contribution in [0, 0.1) is 12.7 Å². The number of nitrogens with one attached hydrogen (secondary N) is 1. The van der Waals surface area contributed by atoms with Gasteiger partial charge in [0.15, 0.2) is 5.13 Å². The van der Waals surface area contributed by atoms with Crippen LogP contribution in [0.3, 0.4) is 0 Å². The molecule has 0 aliphatic rings. The van der Waals surface area contributed by atoms with Crippen LogP contribution in [-0.4, -0.2) is 10.9 Å². The molecule has 1 heterocycles. The highest BCUT2D eigenvalue weighted by Gasteiger charge is 2.14. The predicted octanol–water partition coefficient (Wildman–Crippen LogP) is 3.58. The van der Waals surface area contributed by atoms with Crippen molar-refractivity contribution in [3.63, 3.8) is 0 Å². The van der Waals surface area contributed by atoms with Crippen LogP contribution in [0.25, 0.3) is 10.2 Å². The monoisotopic (exact) mass is 301 g/mol. The minimum Gasteiger partial charge on any atom is -0.399 e. The van der Waals surface area contributed by atoms with Crippen molar-refractivity contribution in [3.8, 4) is 0 Å². The first kappa shape index (κ1) is 13.5. The standard InChI is InChI=1S/C15H12FN3OS/c1-8-2-4-10(11(16)6-8)14(20)19-15-18-12-5-3-9(17)7-13(12)21-15/h2-7H,17H2,1H3,(H,18,19,20). The van der Waals surface area contributed by atoms with E-state index in [0.29, 0.717) is 10.8 Å². The Bertz CT molecular complexity index is 844. The zero-order valence-electron chi connectivity index (χ0n) is 11.2. The van der Waals surface area contributed by atoms with Gasteiger partial charge in [-0.25, -0.2) is 9.37 Å². The van der Waals surface area contributed by atoms with E-state index in [9.17, 15) is 9.18 Å². The highest BCUT2D eigenvalue weighted by Crippen LogP contribution is 2.28. The lowest BCUT2D eigenvalue weighted by atomic mass is 10.1. The van der Waals surface area contributed by atoms with Crippen LogP contribution in [0.5, 0.6) is 0 Å². The fourth-order valence-electron chi connectivity index (χ4n) is 1.96. The van der Waals surface area contributed by atoms with Crippen molar-refractivity contribution in [2.24, 2.45) is 0 Å².